The molecule has 52 valence electrons. The minimum atomic E-state index is 0.143. The van der Waals surface area contributed by atoms with Gasteiger partial charge in [0, 0.05) is 13.1 Å². The van der Waals surface area contributed by atoms with E-state index in [1.807, 2.05) is 0 Å². The van der Waals surface area contributed by atoms with Gasteiger partial charge in [0.25, 0.3) is 0 Å². The summed E-state index contributed by atoms with van der Waals surface area (Å²) in [6, 6.07) is 0. The van der Waals surface area contributed by atoms with Gasteiger partial charge in [-0.05, 0) is 20.0 Å². The van der Waals surface area contributed by atoms with Crippen LogP contribution in [0, 0.1) is 0 Å². The number of allylic oxidation sites excluding steroid dienone is 1. The molecule has 1 nitrogen and oxygen atoms in total. The predicted molar refractivity (Wildman–Crippen MR) is 44.4 cm³/mol. The van der Waals surface area contributed by atoms with Gasteiger partial charge in [-0.1, -0.05) is 5.57 Å². The fourth-order valence-corrected chi connectivity index (χ4v) is 2.35. The Morgan fingerprint density at radius 1 is 1.56 bits per heavy atom. The molecule has 0 spiro atoms. The molecule has 0 saturated carbocycles. The highest BCUT2D eigenvalue weighted by Crippen LogP contribution is 2.00. The second-order valence-electron chi connectivity index (χ2n) is 2.91. The first kappa shape index (κ1) is 7.03. The van der Waals surface area contributed by atoms with Crippen molar-refractivity contribution in [2.75, 3.05) is 19.3 Å². The predicted octanol–water partition coefficient (Wildman–Crippen LogP) is 0.352. The number of hydrogen-bond acceptors (Lipinski definition) is 1. The van der Waals surface area contributed by atoms with E-state index in [9.17, 15) is 0 Å². The lowest BCUT2D eigenvalue weighted by Gasteiger charge is -1.93. The second kappa shape index (κ2) is 3.18. The first-order valence-electron chi connectivity index (χ1n) is 3.65. The van der Waals surface area contributed by atoms with Crippen molar-refractivity contribution in [3.63, 3.8) is 0 Å². The molecule has 0 aromatic heterocycles. The lowest BCUT2D eigenvalue weighted by molar-refractivity contribution is 0.661. The Morgan fingerprint density at radius 3 is 2.67 bits per heavy atom. The molecule has 0 bridgehead atoms. The molecule has 0 unspecified atom stereocenters. The summed E-state index contributed by atoms with van der Waals surface area (Å²) in [6.07, 6.45) is 1.41. The van der Waals surface area contributed by atoms with Crippen molar-refractivity contribution in [1.82, 2.24) is 4.90 Å². The highest BCUT2D eigenvalue weighted by molar-refractivity contribution is 6.42. The summed E-state index contributed by atoms with van der Waals surface area (Å²) in [6.45, 7) is 7.11. The normalized spacial score (nSPS) is 18.9. The van der Waals surface area contributed by atoms with Crippen LogP contribution in [0.25, 0.3) is 0 Å². The molecule has 9 heavy (non-hydrogen) atoms. The summed E-state index contributed by atoms with van der Waals surface area (Å²) in [5.41, 5.74) is 3.95. The summed E-state index contributed by atoms with van der Waals surface area (Å²) < 4.78 is 0. The van der Waals surface area contributed by atoms with Crippen LogP contribution >= 0.6 is 0 Å². The minimum Gasteiger partial charge on any atom is -0.304 e. The monoisotopic (exact) mass is 141 g/mol. The maximum atomic E-state index is 2.51. The molecule has 2 heteroatoms. The molecule has 0 aromatic carbocycles. The zero-order chi connectivity index (χ0) is 6.69. The first-order chi connectivity index (χ1) is 4.29. The molecule has 0 atom stereocenters. The molecular formula is C7H15NSi. The van der Waals surface area contributed by atoms with E-state index in [1.54, 1.807) is 0 Å². The third kappa shape index (κ3) is 3.49. The Morgan fingerprint density at radius 2 is 2.22 bits per heavy atom. The average molecular weight is 141 g/mol. The number of rotatable bonds is 3. The Balaban J connectivity index is 1.97. The smallest absolute Gasteiger partial charge is 0.0611 e. The van der Waals surface area contributed by atoms with Gasteiger partial charge >= 0.3 is 0 Å². The Bertz CT molecular complexity index is 112. The van der Waals surface area contributed by atoms with Gasteiger partial charge in [-0.15, -0.1) is 5.70 Å². The van der Waals surface area contributed by atoms with Crippen LogP contribution in [0.2, 0.25) is 0 Å². The van der Waals surface area contributed by atoms with Crippen LogP contribution in [0.3, 0.4) is 0 Å². The van der Waals surface area contributed by atoms with Crippen LogP contribution in [0.15, 0.2) is 11.3 Å². The van der Waals surface area contributed by atoms with E-state index in [2.05, 4.69) is 24.4 Å². The zero-order valence-electron chi connectivity index (χ0n) is 6.35. The lowest BCUT2D eigenvalue weighted by Crippen LogP contribution is -2.05. The van der Waals surface area contributed by atoms with E-state index < -0.39 is 0 Å². The van der Waals surface area contributed by atoms with Crippen LogP contribution in [0.5, 0.6) is 0 Å². The van der Waals surface area contributed by atoms with Gasteiger partial charge in [-0.25, -0.2) is 0 Å². The van der Waals surface area contributed by atoms with E-state index in [-0.39, 0.29) is 9.52 Å². The van der Waals surface area contributed by atoms with Crippen LogP contribution in [0.4, 0.5) is 0 Å². The first-order valence-corrected chi connectivity index (χ1v) is 5.46. The van der Waals surface area contributed by atoms with Gasteiger partial charge in [0.2, 0.25) is 0 Å². The molecule has 1 aliphatic rings. The Kier molecular flexibility index (Phi) is 2.48. The van der Waals surface area contributed by atoms with Gasteiger partial charge in [-0.3, -0.25) is 0 Å². The third-order valence-electron chi connectivity index (χ3n) is 1.54. The van der Waals surface area contributed by atoms with Gasteiger partial charge in [0.15, 0.2) is 0 Å². The van der Waals surface area contributed by atoms with Gasteiger partial charge in [0.1, 0.15) is 0 Å². The number of nitrogens with zero attached hydrogens (tertiary/aromatic N) is 1. The van der Waals surface area contributed by atoms with E-state index >= 15 is 0 Å². The third-order valence-corrected chi connectivity index (χ3v) is 3.53. The second-order valence-corrected chi connectivity index (χ2v) is 4.34. The summed E-state index contributed by atoms with van der Waals surface area (Å²) in [4.78, 5) is 2.51. The van der Waals surface area contributed by atoms with E-state index in [4.69, 9.17) is 0 Å². The molecule has 0 aromatic rings. The van der Waals surface area contributed by atoms with Crippen molar-refractivity contribution in [1.29, 1.82) is 0 Å². The van der Waals surface area contributed by atoms with Crippen molar-refractivity contribution in [2.45, 2.75) is 13.8 Å². The molecule has 1 fully saturated rings. The van der Waals surface area contributed by atoms with Crippen molar-refractivity contribution >= 4 is 9.52 Å². The molecule has 1 heterocycles. The molecule has 0 N–H and O–H groups in total. The summed E-state index contributed by atoms with van der Waals surface area (Å²) in [5.74, 6) is 0. The molecular weight excluding hydrogens is 126 g/mol. The van der Waals surface area contributed by atoms with Crippen LogP contribution < -0.4 is 0 Å². The number of hydrogen-bond donors (Lipinski definition) is 0. The molecule has 1 aliphatic heterocycles. The highest BCUT2D eigenvalue weighted by Gasteiger charge is 2.14. The molecule has 0 radical (unpaired) electrons. The van der Waals surface area contributed by atoms with Crippen molar-refractivity contribution in [2.24, 2.45) is 0 Å². The van der Waals surface area contributed by atoms with Crippen molar-refractivity contribution in [3.8, 4) is 0 Å². The Hall–Kier alpha value is -0.0831. The minimum absolute atomic E-state index is 0.143. The maximum absolute atomic E-state index is 2.51. The fourth-order valence-electron chi connectivity index (χ4n) is 0.830. The quantitative estimate of drug-likeness (QED) is 0.405. The zero-order valence-corrected chi connectivity index (χ0v) is 7.77. The van der Waals surface area contributed by atoms with Gasteiger partial charge in [-0.2, -0.15) is 0 Å². The van der Waals surface area contributed by atoms with Crippen LogP contribution in [0.1, 0.15) is 13.8 Å². The van der Waals surface area contributed by atoms with Crippen LogP contribution in [-0.4, -0.2) is 33.7 Å². The van der Waals surface area contributed by atoms with E-state index in [0.29, 0.717) is 0 Å². The summed E-state index contributed by atoms with van der Waals surface area (Å²) in [7, 11) is 0.143. The standard InChI is InChI=1S/C7H15NSi/c1-7(2)5-9-6-8-3-4-8/h5H,3-4,6,9H2,1-2H3. The molecule has 1 rings (SSSR count). The van der Waals surface area contributed by atoms with Crippen molar-refractivity contribution in [3.05, 3.63) is 11.3 Å². The Labute approximate surface area is 59.6 Å². The summed E-state index contributed by atoms with van der Waals surface area (Å²) in [5, 5.41) is 0. The largest absolute Gasteiger partial charge is 0.304 e. The van der Waals surface area contributed by atoms with E-state index in [1.165, 1.54) is 24.8 Å². The van der Waals surface area contributed by atoms with Crippen molar-refractivity contribution < 1.29 is 0 Å². The SMILES string of the molecule is CC(C)=C[SiH2]CN1CC1. The van der Waals surface area contributed by atoms with Gasteiger partial charge in [0.05, 0.1) is 9.52 Å². The van der Waals surface area contributed by atoms with E-state index in [0.717, 1.165) is 0 Å². The fraction of sp³-hybridized carbons (Fsp3) is 0.714. The van der Waals surface area contributed by atoms with Crippen LogP contribution in [-0.2, 0) is 0 Å². The lowest BCUT2D eigenvalue weighted by atomic mass is 10.4. The topological polar surface area (TPSA) is 3.01 Å². The molecule has 1 saturated heterocycles. The average Bonchev–Trinajstić information content (AvgIpc) is 2.48. The molecule has 0 aliphatic carbocycles. The summed E-state index contributed by atoms with van der Waals surface area (Å²) >= 11 is 0. The highest BCUT2D eigenvalue weighted by atomic mass is 28.2. The van der Waals surface area contributed by atoms with Gasteiger partial charge < -0.3 is 4.90 Å². The maximum Gasteiger partial charge on any atom is 0.0611 e. The molecule has 0 amide bonds.